The van der Waals surface area contributed by atoms with Gasteiger partial charge in [-0.3, -0.25) is 4.90 Å². The van der Waals surface area contributed by atoms with Crippen LogP contribution in [0.1, 0.15) is 52.4 Å². The molecule has 0 heterocycles. The van der Waals surface area contributed by atoms with E-state index in [1.165, 1.54) is 38.5 Å². The van der Waals surface area contributed by atoms with Gasteiger partial charge in [0.25, 0.3) is 0 Å². The maximum atomic E-state index is 9.23. The van der Waals surface area contributed by atoms with E-state index >= 15 is 0 Å². The number of nitrogens with zero attached hydrogens (tertiary/aromatic N) is 1. The van der Waals surface area contributed by atoms with Crippen LogP contribution in [0.3, 0.4) is 0 Å². The van der Waals surface area contributed by atoms with Gasteiger partial charge in [-0.1, -0.05) is 26.7 Å². The van der Waals surface area contributed by atoms with Gasteiger partial charge in [0, 0.05) is 25.2 Å². The Kier molecular flexibility index (Phi) is 4.68. The molecule has 2 saturated carbocycles. The van der Waals surface area contributed by atoms with E-state index in [0.717, 1.165) is 19.1 Å². The third-order valence-corrected chi connectivity index (χ3v) is 5.25. The zero-order chi connectivity index (χ0) is 13.2. The maximum absolute atomic E-state index is 9.23. The van der Waals surface area contributed by atoms with Crippen LogP contribution >= 0.6 is 0 Å². The highest BCUT2D eigenvalue weighted by atomic mass is 16.3. The van der Waals surface area contributed by atoms with Gasteiger partial charge in [-0.15, -0.1) is 0 Å². The number of hydrogen-bond acceptors (Lipinski definition) is 3. The molecule has 2 aliphatic rings. The molecule has 2 unspecified atom stereocenters. The average Bonchev–Trinajstić information content (AvgIpc) is 2.22. The highest BCUT2D eigenvalue weighted by Gasteiger charge is 2.38. The molecule has 0 radical (unpaired) electrons. The second kappa shape index (κ2) is 5.89. The maximum Gasteiger partial charge on any atom is 0.0558 e. The van der Waals surface area contributed by atoms with Crippen molar-refractivity contribution >= 4 is 0 Å². The molecule has 0 aromatic carbocycles. The molecular formula is C15H30N2O. The Morgan fingerprint density at radius 1 is 1.22 bits per heavy atom. The Labute approximate surface area is 112 Å². The lowest BCUT2D eigenvalue weighted by atomic mass is 9.68. The highest BCUT2D eigenvalue weighted by molar-refractivity contribution is 4.93. The van der Waals surface area contributed by atoms with Crippen molar-refractivity contribution in [3.8, 4) is 0 Å². The van der Waals surface area contributed by atoms with Crippen molar-refractivity contribution in [1.82, 2.24) is 4.90 Å². The van der Waals surface area contributed by atoms with E-state index < -0.39 is 0 Å². The van der Waals surface area contributed by atoms with E-state index in [0.29, 0.717) is 12.0 Å². The SMILES string of the molecule is CC1(C)CCCC(CN(CCO)C2CCC2)C1N. The first-order chi connectivity index (χ1) is 8.54. The van der Waals surface area contributed by atoms with E-state index in [1.807, 2.05) is 0 Å². The van der Waals surface area contributed by atoms with Crippen molar-refractivity contribution in [2.75, 3.05) is 19.7 Å². The summed E-state index contributed by atoms with van der Waals surface area (Å²) in [7, 11) is 0. The largest absolute Gasteiger partial charge is 0.395 e. The Hall–Kier alpha value is -0.120. The summed E-state index contributed by atoms with van der Waals surface area (Å²) in [5.74, 6) is 0.612. The first-order valence-corrected chi connectivity index (χ1v) is 7.65. The van der Waals surface area contributed by atoms with Crippen LogP contribution in [0.15, 0.2) is 0 Å². The van der Waals surface area contributed by atoms with Gasteiger partial charge in [0.15, 0.2) is 0 Å². The van der Waals surface area contributed by atoms with Crippen molar-refractivity contribution in [3.63, 3.8) is 0 Å². The number of nitrogens with two attached hydrogens (primary N) is 1. The Balaban J connectivity index is 1.92. The first-order valence-electron chi connectivity index (χ1n) is 7.65. The minimum absolute atomic E-state index is 0.280. The van der Waals surface area contributed by atoms with Crippen LogP contribution in [0.25, 0.3) is 0 Å². The molecule has 3 heteroatoms. The molecule has 2 rings (SSSR count). The topological polar surface area (TPSA) is 49.5 Å². The van der Waals surface area contributed by atoms with Crippen molar-refractivity contribution in [3.05, 3.63) is 0 Å². The standard InChI is InChI=1S/C15H30N2O/c1-15(2)8-4-5-12(14(15)16)11-17(9-10-18)13-6-3-7-13/h12-14,18H,3-11,16H2,1-2H3. The smallest absolute Gasteiger partial charge is 0.0558 e. The minimum Gasteiger partial charge on any atom is -0.395 e. The molecule has 0 aromatic heterocycles. The second-order valence-electron chi connectivity index (χ2n) is 6.97. The third-order valence-electron chi connectivity index (χ3n) is 5.25. The van der Waals surface area contributed by atoms with Gasteiger partial charge in [0.05, 0.1) is 6.61 Å². The van der Waals surface area contributed by atoms with Crippen LogP contribution in [0, 0.1) is 11.3 Å². The van der Waals surface area contributed by atoms with Crippen molar-refractivity contribution < 1.29 is 5.11 Å². The van der Waals surface area contributed by atoms with E-state index in [1.54, 1.807) is 0 Å². The summed E-state index contributed by atoms with van der Waals surface area (Å²) in [6, 6.07) is 1.03. The second-order valence-corrected chi connectivity index (χ2v) is 6.97. The normalized spacial score (nSPS) is 32.5. The van der Waals surface area contributed by atoms with Crippen molar-refractivity contribution in [2.45, 2.75) is 64.5 Å². The Bertz CT molecular complexity index is 263. The molecule has 0 amide bonds. The predicted molar refractivity (Wildman–Crippen MR) is 75.4 cm³/mol. The van der Waals surface area contributed by atoms with E-state index in [4.69, 9.17) is 5.73 Å². The molecule has 3 N–H and O–H groups in total. The molecule has 0 spiro atoms. The fourth-order valence-corrected chi connectivity index (χ4v) is 3.61. The van der Waals surface area contributed by atoms with E-state index in [9.17, 15) is 5.11 Å². The Morgan fingerprint density at radius 2 is 1.94 bits per heavy atom. The lowest BCUT2D eigenvalue weighted by Crippen LogP contribution is -2.53. The summed E-state index contributed by atoms with van der Waals surface area (Å²) >= 11 is 0. The summed E-state index contributed by atoms with van der Waals surface area (Å²) in [6.45, 7) is 6.82. The zero-order valence-corrected chi connectivity index (χ0v) is 12.1. The van der Waals surface area contributed by atoms with Gasteiger partial charge in [-0.2, -0.15) is 0 Å². The zero-order valence-electron chi connectivity index (χ0n) is 12.1. The summed E-state index contributed by atoms with van der Waals surface area (Å²) in [6.07, 6.45) is 7.81. The number of aliphatic hydroxyl groups excluding tert-OH is 1. The van der Waals surface area contributed by atoms with Gasteiger partial charge in [0.2, 0.25) is 0 Å². The minimum atomic E-state index is 0.280. The summed E-state index contributed by atoms with van der Waals surface area (Å²) in [5.41, 5.74) is 6.76. The first kappa shape index (κ1) is 14.3. The van der Waals surface area contributed by atoms with E-state index in [-0.39, 0.29) is 12.0 Å². The quantitative estimate of drug-likeness (QED) is 0.789. The molecule has 106 valence electrons. The molecular weight excluding hydrogens is 224 g/mol. The van der Waals surface area contributed by atoms with Crippen LogP contribution in [0.2, 0.25) is 0 Å². The van der Waals surface area contributed by atoms with Gasteiger partial charge in [-0.05, 0) is 37.0 Å². The fourth-order valence-electron chi connectivity index (χ4n) is 3.61. The lowest BCUT2D eigenvalue weighted by molar-refractivity contribution is 0.0486. The molecule has 18 heavy (non-hydrogen) atoms. The van der Waals surface area contributed by atoms with Crippen LogP contribution in [-0.2, 0) is 0 Å². The van der Waals surface area contributed by atoms with Crippen LogP contribution < -0.4 is 5.73 Å². The number of aliphatic hydroxyl groups is 1. The molecule has 2 aliphatic carbocycles. The Morgan fingerprint density at radius 3 is 2.50 bits per heavy atom. The van der Waals surface area contributed by atoms with Crippen LogP contribution in [0.5, 0.6) is 0 Å². The lowest BCUT2D eigenvalue weighted by Gasteiger charge is -2.46. The average molecular weight is 254 g/mol. The van der Waals surface area contributed by atoms with Gasteiger partial charge >= 0.3 is 0 Å². The van der Waals surface area contributed by atoms with Crippen molar-refractivity contribution in [2.24, 2.45) is 17.1 Å². The number of hydrogen-bond donors (Lipinski definition) is 2. The van der Waals surface area contributed by atoms with Gasteiger partial charge < -0.3 is 10.8 Å². The highest BCUT2D eigenvalue weighted by Crippen LogP contribution is 2.38. The monoisotopic (exact) mass is 254 g/mol. The van der Waals surface area contributed by atoms with Gasteiger partial charge in [0.1, 0.15) is 0 Å². The van der Waals surface area contributed by atoms with Crippen LogP contribution in [-0.4, -0.2) is 41.8 Å². The van der Waals surface area contributed by atoms with Crippen LogP contribution in [0.4, 0.5) is 0 Å². The molecule has 0 aliphatic heterocycles. The van der Waals surface area contributed by atoms with Gasteiger partial charge in [-0.25, -0.2) is 0 Å². The molecule has 0 bridgehead atoms. The molecule has 0 aromatic rings. The summed E-state index contributed by atoms with van der Waals surface area (Å²) in [5, 5.41) is 9.23. The summed E-state index contributed by atoms with van der Waals surface area (Å²) in [4.78, 5) is 2.50. The number of rotatable bonds is 5. The molecule has 3 nitrogen and oxygen atoms in total. The molecule has 2 atom stereocenters. The third kappa shape index (κ3) is 3.06. The summed E-state index contributed by atoms with van der Waals surface area (Å²) < 4.78 is 0. The predicted octanol–water partition coefficient (Wildman–Crippen LogP) is 1.99. The molecule has 2 fully saturated rings. The van der Waals surface area contributed by atoms with Crippen molar-refractivity contribution in [1.29, 1.82) is 0 Å². The fraction of sp³-hybridized carbons (Fsp3) is 1.00. The van der Waals surface area contributed by atoms with E-state index in [2.05, 4.69) is 18.7 Å². The molecule has 0 saturated heterocycles.